The van der Waals surface area contributed by atoms with E-state index in [-0.39, 0.29) is 18.6 Å². The Morgan fingerprint density at radius 2 is 1.74 bits per heavy atom. The summed E-state index contributed by atoms with van der Waals surface area (Å²) in [6.07, 6.45) is 0. The molecule has 122 valence electrons. The van der Waals surface area contributed by atoms with Gasteiger partial charge in [0, 0.05) is 5.02 Å². The molecule has 2 aromatic carbocycles. The van der Waals surface area contributed by atoms with Crippen molar-refractivity contribution in [3.63, 3.8) is 0 Å². The Kier molecular flexibility index (Phi) is 6.05. The van der Waals surface area contributed by atoms with E-state index in [0.717, 1.165) is 16.9 Å². The Bertz CT molecular complexity index is 653. The highest BCUT2D eigenvalue weighted by Crippen LogP contribution is 2.25. The van der Waals surface area contributed by atoms with E-state index in [4.69, 9.17) is 16.3 Å². The fraction of sp³-hybridized carbons (Fsp3) is 0.316. The number of carbonyl (C=O) groups is 1. The molecular formula is C19H22ClNO2. The number of rotatable bonds is 6. The first-order chi connectivity index (χ1) is 11.0. The van der Waals surface area contributed by atoms with Gasteiger partial charge in [0.15, 0.2) is 6.61 Å². The number of carbonyl (C=O) groups excluding carboxylic acids is 1. The van der Waals surface area contributed by atoms with Gasteiger partial charge in [-0.1, -0.05) is 55.8 Å². The van der Waals surface area contributed by atoms with Crippen molar-refractivity contribution in [2.75, 3.05) is 6.61 Å². The van der Waals surface area contributed by atoms with Gasteiger partial charge in [0.2, 0.25) is 0 Å². The van der Waals surface area contributed by atoms with Crippen LogP contribution in [0.2, 0.25) is 5.02 Å². The van der Waals surface area contributed by atoms with E-state index in [0.29, 0.717) is 10.9 Å². The number of hydrogen-bond donors (Lipinski definition) is 1. The van der Waals surface area contributed by atoms with Gasteiger partial charge in [-0.2, -0.15) is 0 Å². The third-order valence-corrected chi connectivity index (χ3v) is 3.90. The number of halogens is 1. The number of hydrogen-bond acceptors (Lipinski definition) is 2. The van der Waals surface area contributed by atoms with Crippen LogP contribution in [0.5, 0.6) is 5.75 Å². The summed E-state index contributed by atoms with van der Waals surface area (Å²) in [5.41, 5.74) is 2.11. The Balaban J connectivity index is 1.91. The lowest BCUT2D eigenvalue weighted by atomic mass is 10.0. The summed E-state index contributed by atoms with van der Waals surface area (Å²) in [5, 5.41) is 3.61. The summed E-state index contributed by atoms with van der Waals surface area (Å²) >= 11 is 5.87. The molecule has 0 unspecified atom stereocenters. The summed E-state index contributed by atoms with van der Waals surface area (Å²) in [4.78, 5) is 12.1. The Hall–Kier alpha value is -2.00. The molecular weight excluding hydrogens is 310 g/mol. The van der Waals surface area contributed by atoms with Gasteiger partial charge in [-0.3, -0.25) is 4.79 Å². The molecule has 0 spiro atoms. The Labute approximate surface area is 142 Å². The number of nitrogens with one attached hydrogen (secondary N) is 1. The molecule has 1 N–H and O–H groups in total. The average Bonchev–Trinajstić information content (AvgIpc) is 2.53. The van der Waals surface area contributed by atoms with Gasteiger partial charge in [-0.05, 0) is 42.2 Å². The SMILES string of the molecule is CC(C)c1ccccc1OCC(=O)N[C@H](C)c1ccc(Cl)cc1. The summed E-state index contributed by atoms with van der Waals surface area (Å²) in [6.45, 7) is 6.14. The molecule has 2 rings (SSSR count). The number of amides is 1. The maximum absolute atomic E-state index is 12.1. The minimum absolute atomic E-state index is 0.00165. The molecule has 0 aliphatic carbocycles. The van der Waals surface area contributed by atoms with Crippen LogP contribution >= 0.6 is 11.6 Å². The van der Waals surface area contributed by atoms with Gasteiger partial charge in [0.05, 0.1) is 6.04 Å². The molecule has 2 aromatic rings. The first-order valence-corrected chi connectivity index (χ1v) is 8.11. The molecule has 0 aliphatic rings. The topological polar surface area (TPSA) is 38.3 Å². The zero-order valence-electron chi connectivity index (χ0n) is 13.7. The Morgan fingerprint density at radius 3 is 2.39 bits per heavy atom. The zero-order chi connectivity index (χ0) is 16.8. The predicted octanol–water partition coefficient (Wildman–Crippen LogP) is 4.72. The molecule has 4 heteroatoms. The molecule has 0 aromatic heterocycles. The van der Waals surface area contributed by atoms with Crippen molar-refractivity contribution in [2.24, 2.45) is 0 Å². The minimum Gasteiger partial charge on any atom is -0.483 e. The quantitative estimate of drug-likeness (QED) is 0.831. The predicted molar refractivity (Wildman–Crippen MR) is 94.0 cm³/mol. The summed E-state index contributed by atoms with van der Waals surface area (Å²) in [6, 6.07) is 15.2. The van der Waals surface area contributed by atoms with Crippen molar-refractivity contribution < 1.29 is 9.53 Å². The van der Waals surface area contributed by atoms with E-state index in [2.05, 4.69) is 19.2 Å². The second kappa shape index (κ2) is 8.02. The molecule has 1 atom stereocenters. The normalized spacial score (nSPS) is 12.0. The van der Waals surface area contributed by atoms with E-state index in [1.54, 1.807) is 0 Å². The van der Waals surface area contributed by atoms with E-state index >= 15 is 0 Å². The standard InChI is InChI=1S/C19H22ClNO2/c1-13(2)17-6-4-5-7-18(17)23-12-19(22)21-14(3)15-8-10-16(20)11-9-15/h4-11,13-14H,12H2,1-3H3,(H,21,22)/t14-/m1/s1. The van der Waals surface area contributed by atoms with Crippen molar-refractivity contribution >= 4 is 17.5 Å². The van der Waals surface area contributed by atoms with Crippen LogP contribution in [-0.4, -0.2) is 12.5 Å². The zero-order valence-corrected chi connectivity index (χ0v) is 14.4. The molecule has 1 amide bonds. The monoisotopic (exact) mass is 331 g/mol. The fourth-order valence-corrected chi connectivity index (χ4v) is 2.48. The first kappa shape index (κ1) is 17.4. The molecule has 0 saturated heterocycles. The van der Waals surface area contributed by atoms with Crippen LogP contribution < -0.4 is 10.1 Å². The third-order valence-electron chi connectivity index (χ3n) is 3.65. The molecule has 0 fully saturated rings. The van der Waals surface area contributed by atoms with Gasteiger partial charge < -0.3 is 10.1 Å². The number of ether oxygens (including phenoxy) is 1. The molecule has 0 saturated carbocycles. The molecule has 0 heterocycles. The van der Waals surface area contributed by atoms with Crippen LogP contribution in [0.3, 0.4) is 0 Å². The van der Waals surface area contributed by atoms with Crippen molar-refractivity contribution in [3.8, 4) is 5.75 Å². The first-order valence-electron chi connectivity index (χ1n) is 7.74. The minimum atomic E-state index is -0.147. The van der Waals surface area contributed by atoms with E-state index in [9.17, 15) is 4.79 Å². The van der Waals surface area contributed by atoms with Gasteiger partial charge >= 0.3 is 0 Å². The lowest BCUT2D eigenvalue weighted by Crippen LogP contribution is -2.31. The number of para-hydroxylation sites is 1. The lowest BCUT2D eigenvalue weighted by Gasteiger charge is -2.16. The summed E-state index contributed by atoms with van der Waals surface area (Å²) < 4.78 is 5.68. The Morgan fingerprint density at radius 1 is 1.09 bits per heavy atom. The van der Waals surface area contributed by atoms with Crippen LogP contribution in [0.15, 0.2) is 48.5 Å². The molecule has 0 aliphatic heterocycles. The largest absolute Gasteiger partial charge is 0.483 e. The van der Waals surface area contributed by atoms with Gasteiger partial charge in [0.1, 0.15) is 5.75 Å². The van der Waals surface area contributed by atoms with Crippen molar-refractivity contribution in [1.29, 1.82) is 0 Å². The fourth-order valence-electron chi connectivity index (χ4n) is 2.35. The lowest BCUT2D eigenvalue weighted by molar-refractivity contribution is -0.123. The average molecular weight is 332 g/mol. The molecule has 0 bridgehead atoms. The van der Waals surface area contributed by atoms with E-state index < -0.39 is 0 Å². The second-order valence-electron chi connectivity index (χ2n) is 5.82. The highest BCUT2D eigenvalue weighted by atomic mass is 35.5. The maximum atomic E-state index is 12.1. The van der Waals surface area contributed by atoms with Gasteiger partial charge in [0.25, 0.3) is 5.91 Å². The maximum Gasteiger partial charge on any atom is 0.258 e. The smallest absolute Gasteiger partial charge is 0.258 e. The van der Waals surface area contributed by atoms with Crippen LogP contribution in [0.25, 0.3) is 0 Å². The van der Waals surface area contributed by atoms with E-state index in [1.807, 2.05) is 55.5 Å². The van der Waals surface area contributed by atoms with Gasteiger partial charge in [-0.25, -0.2) is 0 Å². The van der Waals surface area contributed by atoms with Crippen LogP contribution in [0.1, 0.15) is 43.9 Å². The van der Waals surface area contributed by atoms with Crippen molar-refractivity contribution in [2.45, 2.75) is 32.7 Å². The van der Waals surface area contributed by atoms with Crippen LogP contribution in [-0.2, 0) is 4.79 Å². The van der Waals surface area contributed by atoms with Gasteiger partial charge in [-0.15, -0.1) is 0 Å². The molecule has 23 heavy (non-hydrogen) atoms. The number of benzene rings is 2. The molecule has 3 nitrogen and oxygen atoms in total. The van der Waals surface area contributed by atoms with Crippen LogP contribution in [0, 0.1) is 0 Å². The second-order valence-corrected chi connectivity index (χ2v) is 6.26. The highest BCUT2D eigenvalue weighted by molar-refractivity contribution is 6.30. The van der Waals surface area contributed by atoms with E-state index in [1.165, 1.54) is 0 Å². The third kappa shape index (κ3) is 5.00. The van der Waals surface area contributed by atoms with Crippen LogP contribution in [0.4, 0.5) is 0 Å². The van der Waals surface area contributed by atoms with Crippen molar-refractivity contribution in [1.82, 2.24) is 5.32 Å². The summed E-state index contributed by atoms with van der Waals surface area (Å²) in [5.74, 6) is 0.963. The highest BCUT2D eigenvalue weighted by Gasteiger charge is 2.12. The summed E-state index contributed by atoms with van der Waals surface area (Å²) in [7, 11) is 0. The molecule has 0 radical (unpaired) electrons. The van der Waals surface area contributed by atoms with Crippen molar-refractivity contribution in [3.05, 3.63) is 64.7 Å².